The lowest BCUT2D eigenvalue weighted by molar-refractivity contribution is 0.365. The molecule has 0 unspecified atom stereocenters. The zero-order chi connectivity index (χ0) is 55.9. The van der Waals surface area contributed by atoms with Crippen molar-refractivity contribution in [2.24, 2.45) is 5.41 Å². The van der Waals surface area contributed by atoms with Gasteiger partial charge in [0.2, 0.25) is 0 Å². The number of ether oxygens (including phenoxy) is 1. The van der Waals surface area contributed by atoms with E-state index in [1.807, 2.05) is 0 Å². The van der Waals surface area contributed by atoms with Gasteiger partial charge in [0.05, 0.1) is 16.6 Å². The molecule has 2 aromatic heterocycles. The maximum atomic E-state index is 7.49. The van der Waals surface area contributed by atoms with Crippen molar-refractivity contribution < 1.29 is 4.74 Å². The third-order valence-corrected chi connectivity index (χ3v) is 23.7. The van der Waals surface area contributed by atoms with Gasteiger partial charge in [-0.1, -0.05) is 242 Å². The monoisotopic (exact) mass is 1080 g/mol. The lowest BCUT2D eigenvalue weighted by atomic mass is 9.34. The molecule has 400 valence electrons. The molecule has 13 aromatic rings. The quantitative estimate of drug-likeness (QED) is 0.134. The molecule has 0 saturated carbocycles. The molecule has 11 aromatic carbocycles. The van der Waals surface area contributed by atoms with Crippen molar-refractivity contribution in [3.8, 4) is 44.9 Å². The molecule has 0 spiro atoms. The van der Waals surface area contributed by atoms with E-state index < -0.39 is 8.07 Å². The number of anilines is 2. The molecule has 3 aliphatic rings. The first-order valence-electron chi connectivity index (χ1n) is 29.9. The van der Waals surface area contributed by atoms with Crippen molar-refractivity contribution in [3.63, 3.8) is 0 Å². The van der Waals surface area contributed by atoms with E-state index in [9.17, 15) is 0 Å². The Kier molecular flexibility index (Phi) is 11.2. The van der Waals surface area contributed by atoms with E-state index in [0.717, 1.165) is 41.9 Å². The number of fused-ring (bicyclic) bond motifs is 13. The first-order chi connectivity index (χ1) is 40.4. The number of para-hydroxylation sites is 2. The standard InChI is InChI=1S/C78H65BN2OSi/c1-77(2,3)41-21-22-50-35-40-71-66(42-50)79-65-48-74-64(60-30-17-19-34-73(60)83(74,56-25-12-8-13-26-56)57-27-14-9-15-28-57)47-69(65)80(49-53-36-38-55(78(4,5)6)46-63(53)51-23-10-7-11-24-51)70-44-54(45-72(82-71)75(70)79)52-37-39-59-62-32-20-31-61-58-29-16-18-33-67(58)81(76(61)62)68(59)43-52/h7-20,23-40,42-48H,21-22,41,49H2,1-6H3. The van der Waals surface area contributed by atoms with Gasteiger partial charge in [-0.25, -0.2) is 0 Å². The van der Waals surface area contributed by atoms with Crippen LogP contribution in [0.2, 0.25) is 0 Å². The fourth-order valence-electron chi connectivity index (χ4n) is 15.0. The molecule has 0 radical (unpaired) electrons. The molecule has 0 amide bonds. The molecule has 0 N–H and O–H groups in total. The normalized spacial score (nSPS) is 14.0. The topological polar surface area (TPSA) is 16.9 Å². The van der Waals surface area contributed by atoms with E-state index >= 15 is 0 Å². The SMILES string of the molecule is CC(C)(C)CCCc1ccc2c(c1)B1c3cc4c(cc3N(Cc3ccc(C(C)(C)C)cc3-c3ccccc3)c3cc(-c5ccc6c7cccc8c9ccccc9n(c6c5)c87)cc(c31)O2)-c1ccccc1[Si]4(c1ccccc1)c1ccccc1. The lowest BCUT2D eigenvalue weighted by Gasteiger charge is -2.42. The van der Waals surface area contributed by atoms with E-state index in [2.05, 4.69) is 287 Å². The summed E-state index contributed by atoms with van der Waals surface area (Å²) in [6.45, 7) is 14.6. The minimum Gasteiger partial charge on any atom is -0.458 e. The van der Waals surface area contributed by atoms with E-state index in [4.69, 9.17) is 4.74 Å². The molecule has 0 aliphatic carbocycles. The number of rotatable bonds is 9. The van der Waals surface area contributed by atoms with Crippen molar-refractivity contribution in [1.29, 1.82) is 0 Å². The molecule has 0 fully saturated rings. The Labute approximate surface area is 488 Å². The largest absolute Gasteiger partial charge is 0.458 e. The highest BCUT2D eigenvalue weighted by Crippen LogP contribution is 2.46. The molecule has 3 aliphatic heterocycles. The van der Waals surface area contributed by atoms with Gasteiger partial charge in [-0.3, -0.25) is 0 Å². The van der Waals surface area contributed by atoms with E-state index in [0.29, 0.717) is 6.54 Å². The van der Waals surface area contributed by atoms with Crippen LogP contribution in [0.3, 0.4) is 0 Å². The first-order valence-corrected chi connectivity index (χ1v) is 31.9. The summed E-state index contributed by atoms with van der Waals surface area (Å²) in [4.78, 5) is 2.69. The Hall–Kier alpha value is -8.90. The number of hydrogen-bond acceptors (Lipinski definition) is 2. The van der Waals surface area contributed by atoms with E-state index in [1.54, 1.807) is 0 Å². The second-order valence-corrected chi connectivity index (χ2v) is 29.8. The van der Waals surface area contributed by atoms with Gasteiger partial charge in [0.1, 0.15) is 11.5 Å². The van der Waals surface area contributed by atoms with Crippen molar-refractivity contribution >= 4 is 101 Å². The highest BCUT2D eigenvalue weighted by atomic mass is 28.3. The average molecular weight is 1090 g/mol. The maximum Gasteiger partial charge on any atom is 0.256 e. The summed E-state index contributed by atoms with van der Waals surface area (Å²) in [5, 5.41) is 10.9. The first kappa shape index (κ1) is 49.9. The van der Waals surface area contributed by atoms with E-state index in [1.165, 1.54) is 126 Å². The van der Waals surface area contributed by atoms with E-state index in [-0.39, 0.29) is 17.5 Å². The van der Waals surface area contributed by atoms with Gasteiger partial charge in [-0.15, -0.1) is 0 Å². The minimum absolute atomic E-state index is 0.0332. The van der Waals surface area contributed by atoms with Gasteiger partial charge in [-0.05, 0) is 154 Å². The number of aromatic nitrogens is 1. The Morgan fingerprint density at radius 3 is 1.89 bits per heavy atom. The summed E-state index contributed by atoms with van der Waals surface area (Å²) >= 11 is 0. The lowest BCUT2D eigenvalue weighted by Crippen LogP contribution is -2.73. The number of hydrogen-bond donors (Lipinski definition) is 0. The molecule has 0 bridgehead atoms. The van der Waals surface area contributed by atoms with Gasteiger partial charge in [-0.2, -0.15) is 0 Å². The second kappa shape index (κ2) is 18.6. The molecule has 0 atom stereocenters. The summed E-state index contributed by atoms with van der Waals surface area (Å²) < 4.78 is 10.00. The number of nitrogens with zero attached hydrogens (tertiary/aromatic N) is 2. The third kappa shape index (κ3) is 7.70. The van der Waals surface area contributed by atoms with Gasteiger partial charge >= 0.3 is 0 Å². The summed E-state index contributed by atoms with van der Waals surface area (Å²) in [6.07, 6.45) is 3.31. The van der Waals surface area contributed by atoms with Crippen molar-refractivity contribution in [2.45, 2.75) is 72.8 Å². The van der Waals surface area contributed by atoms with Crippen molar-refractivity contribution in [3.05, 3.63) is 253 Å². The van der Waals surface area contributed by atoms with Gasteiger partial charge in [0.25, 0.3) is 6.71 Å². The fraction of sp³-hybridized carbons (Fsp3) is 0.154. The molecule has 3 nitrogen and oxygen atoms in total. The fourth-order valence-corrected chi connectivity index (χ4v) is 20.2. The summed E-state index contributed by atoms with van der Waals surface area (Å²) in [5.41, 5.74) is 21.7. The van der Waals surface area contributed by atoms with Gasteiger partial charge < -0.3 is 14.0 Å². The second-order valence-electron chi connectivity index (χ2n) is 26.1. The zero-order valence-electron chi connectivity index (χ0n) is 48.2. The van der Waals surface area contributed by atoms with Gasteiger partial charge in [0.15, 0.2) is 8.07 Å². The predicted molar refractivity (Wildman–Crippen MR) is 356 cm³/mol. The van der Waals surface area contributed by atoms with Crippen LogP contribution in [0.25, 0.3) is 71.5 Å². The molecule has 83 heavy (non-hydrogen) atoms. The summed E-state index contributed by atoms with van der Waals surface area (Å²) in [5.74, 6) is 1.87. The van der Waals surface area contributed by atoms with Crippen molar-refractivity contribution in [2.75, 3.05) is 4.90 Å². The van der Waals surface area contributed by atoms with Crippen LogP contribution < -0.4 is 46.8 Å². The highest BCUT2D eigenvalue weighted by Gasteiger charge is 2.51. The van der Waals surface area contributed by atoms with Crippen LogP contribution in [0.4, 0.5) is 11.4 Å². The molecule has 0 saturated heterocycles. The van der Waals surface area contributed by atoms with Crippen LogP contribution in [-0.2, 0) is 18.4 Å². The van der Waals surface area contributed by atoms with Crippen molar-refractivity contribution in [1.82, 2.24) is 4.40 Å². The van der Waals surface area contributed by atoms with Crippen LogP contribution in [0.15, 0.2) is 237 Å². The average Bonchev–Trinajstić information content (AvgIpc) is 1.88. The third-order valence-electron chi connectivity index (χ3n) is 18.9. The Balaban J connectivity index is 0.987. The van der Waals surface area contributed by atoms with Crippen LogP contribution in [0, 0.1) is 5.41 Å². The highest BCUT2D eigenvalue weighted by molar-refractivity contribution is 7.22. The van der Waals surface area contributed by atoms with Crippen LogP contribution in [0.1, 0.15) is 71.1 Å². The summed E-state index contributed by atoms with van der Waals surface area (Å²) in [7, 11) is -2.89. The van der Waals surface area contributed by atoms with Crippen LogP contribution in [0.5, 0.6) is 11.5 Å². The molecular formula is C78H65BN2OSi. The van der Waals surface area contributed by atoms with Gasteiger partial charge in [0, 0.05) is 39.5 Å². The van der Waals surface area contributed by atoms with Crippen LogP contribution in [-0.4, -0.2) is 19.2 Å². The molecule has 16 rings (SSSR count). The summed E-state index contributed by atoms with van der Waals surface area (Å²) in [6, 6.07) is 90.9. The Morgan fingerprint density at radius 2 is 1.14 bits per heavy atom. The number of benzene rings is 11. The molecular weight excluding hydrogens is 1020 g/mol. The Morgan fingerprint density at radius 1 is 0.458 bits per heavy atom. The Bertz CT molecular complexity index is 4700. The molecule has 5 heteroatoms. The smallest absolute Gasteiger partial charge is 0.256 e. The maximum absolute atomic E-state index is 7.49. The van der Waals surface area contributed by atoms with Crippen LogP contribution >= 0.6 is 0 Å². The zero-order valence-corrected chi connectivity index (χ0v) is 49.2. The predicted octanol–water partition coefficient (Wildman–Crippen LogP) is 15.5. The molecule has 5 heterocycles. The minimum atomic E-state index is -2.89. The number of aryl methyl sites for hydroxylation is 1.